The average molecular weight is 250 g/mol. The predicted octanol–water partition coefficient (Wildman–Crippen LogP) is 2.78. The zero-order chi connectivity index (χ0) is 11.4. The van der Waals surface area contributed by atoms with Gasteiger partial charge >= 0.3 is 0 Å². The van der Waals surface area contributed by atoms with Crippen molar-refractivity contribution in [3.05, 3.63) is 23.0 Å². The van der Waals surface area contributed by atoms with Gasteiger partial charge in [-0.1, -0.05) is 18.5 Å². The maximum absolute atomic E-state index is 13.0. The first-order chi connectivity index (χ1) is 7.04. The van der Waals surface area contributed by atoms with Crippen molar-refractivity contribution >= 4 is 29.1 Å². The summed E-state index contributed by atoms with van der Waals surface area (Å²) in [6, 6.07) is 2.73. The molecule has 15 heavy (non-hydrogen) atoms. The van der Waals surface area contributed by atoms with E-state index in [0.717, 1.165) is 10.6 Å². The molecule has 0 fully saturated rings. The SMILES string of the molecule is CC(CO)CSc1cc(Cl)c(F)cc1N. The van der Waals surface area contributed by atoms with Crippen LogP contribution in [0, 0.1) is 11.7 Å². The molecule has 0 heterocycles. The molecule has 0 aliphatic heterocycles. The van der Waals surface area contributed by atoms with Gasteiger partial charge in [0, 0.05) is 22.9 Å². The number of hydrogen-bond acceptors (Lipinski definition) is 3. The highest BCUT2D eigenvalue weighted by Gasteiger charge is 2.08. The molecular weight excluding hydrogens is 237 g/mol. The summed E-state index contributed by atoms with van der Waals surface area (Å²) in [6.07, 6.45) is 0. The Kier molecular flexibility index (Phi) is 4.70. The Balaban J connectivity index is 2.73. The van der Waals surface area contributed by atoms with Crippen molar-refractivity contribution in [2.75, 3.05) is 18.1 Å². The molecule has 0 bridgehead atoms. The molecule has 0 aliphatic carbocycles. The number of benzene rings is 1. The molecule has 5 heteroatoms. The molecule has 0 aromatic heterocycles. The van der Waals surface area contributed by atoms with Gasteiger partial charge in [0.15, 0.2) is 0 Å². The lowest BCUT2D eigenvalue weighted by Gasteiger charge is -2.09. The summed E-state index contributed by atoms with van der Waals surface area (Å²) < 4.78 is 13.0. The Hall–Kier alpha value is -0.450. The van der Waals surface area contributed by atoms with Crippen molar-refractivity contribution < 1.29 is 9.50 Å². The van der Waals surface area contributed by atoms with Gasteiger partial charge in [-0.05, 0) is 18.1 Å². The maximum atomic E-state index is 13.0. The van der Waals surface area contributed by atoms with E-state index in [1.54, 1.807) is 0 Å². The van der Waals surface area contributed by atoms with Crippen molar-refractivity contribution in [2.24, 2.45) is 5.92 Å². The summed E-state index contributed by atoms with van der Waals surface area (Å²) in [6.45, 7) is 2.05. The van der Waals surface area contributed by atoms with E-state index in [4.69, 9.17) is 22.4 Å². The van der Waals surface area contributed by atoms with Gasteiger partial charge in [0.25, 0.3) is 0 Å². The number of thioether (sulfide) groups is 1. The first-order valence-electron chi connectivity index (χ1n) is 4.52. The van der Waals surface area contributed by atoms with Crippen LogP contribution in [0.15, 0.2) is 17.0 Å². The number of nitrogens with two attached hydrogens (primary N) is 1. The molecule has 1 unspecified atom stereocenters. The lowest BCUT2D eigenvalue weighted by atomic mass is 10.2. The standard InChI is InChI=1S/C10H13ClFNOS/c1-6(4-14)5-15-10-2-7(11)8(12)3-9(10)13/h2-3,6,14H,4-5,13H2,1H3. The van der Waals surface area contributed by atoms with Crippen LogP contribution in [0.5, 0.6) is 0 Å². The molecule has 1 aromatic rings. The fourth-order valence-corrected chi connectivity index (χ4v) is 2.18. The molecule has 1 rings (SSSR count). The first-order valence-corrected chi connectivity index (χ1v) is 5.89. The van der Waals surface area contributed by atoms with E-state index in [0.29, 0.717) is 5.69 Å². The Morgan fingerprint density at radius 3 is 2.87 bits per heavy atom. The average Bonchev–Trinajstić information content (AvgIpc) is 2.21. The van der Waals surface area contributed by atoms with Gasteiger partial charge in [-0.25, -0.2) is 4.39 Å². The molecular formula is C10H13ClFNOS. The molecule has 0 radical (unpaired) electrons. The molecule has 0 saturated heterocycles. The van der Waals surface area contributed by atoms with Crippen LogP contribution in [0.1, 0.15) is 6.92 Å². The monoisotopic (exact) mass is 249 g/mol. The van der Waals surface area contributed by atoms with Crippen LogP contribution >= 0.6 is 23.4 Å². The van der Waals surface area contributed by atoms with Crippen LogP contribution in [-0.4, -0.2) is 17.5 Å². The highest BCUT2D eigenvalue weighted by molar-refractivity contribution is 7.99. The minimum atomic E-state index is -0.506. The second-order valence-electron chi connectivity index (χ2n) is 3.40. The van der Waals surface area contributed by atoms with E-state index in [1.807, 2.05) is 6.92 Å². The van der Waals surface area contributed by atoms with Crippen LogP contribution in [-0.2, 0) is 0 Å². The summed E-state index contributed by atoms with van der Waals surface area (Å²) in [5, 5.41) is 8.92. The van der Waals surface area contributed by atoms with Gasteiger partial charge < -0.3 is 10.8 Å². The van der Waals surface area contributed by atoms with Crippen molar-refractivity contribution in [1.29, 1.82) is 0 Å². The molecule has 0 spiro atoms. The number of rotatable bonds is 4. The third-order valence-corrected chi connectivity index (χ3v) is 3.58. The molecule has 3 N–H and O–H groups in total. The van der Waals surface area contributed by atoms with E-state index in [-0.39, 0.29) is 17.5 Å². The van der Waals surface area contributed by atoms with Crippen molar-refractivity contribution in [3.63, 3.8) is 0 Å². The van der Waals surface area contributed by atoms with Gasteiger partial charge in [-0.15, -0.1) is 11.8 Å². The van der Waals surface area contributed by atoms with Crippen molar-refractivity contribution in [2.45, 2.75) is 11.8 Å². The molecule has 2 nitrogen and oxygen atoms in total. The predicted molar refractivity (Wildman–Crippen MR) is 62.8 cm³/mol. The van der Waals surface area contributed by atoms with E-state index in [2.05, 4.69) is 0 Å². The summed E-state index contributed by atoms with van der Waals surface area (Å²) in [7, 11) is 0. The van der Waals surface area contributed by atoms with Gasteiger partial charge in [0.05, 0.1) is 5.02 Å². The van der Waals surface area contributed by atoms with Gasteiger partial charge in [0.2, 0.25) is 0 Å². The minimum absolute atomic E-state index is 0.0725. The summed E-state index contributed by atoms with van der Waals surface area (Å²) in [4.78, 5) is 0.752. The molecule has 0 saturated carbocycles. The van der Waals surface area contributed by atoms with Crippen LogP contribution < -0.4 is 5.73 Å². The first kappa shape index (κ1) is 12.6. The van der Waals surface area contributed by atoms with Crippen LogP contribution in [0.25, 0.3) is 0 Å². The second kappa shape index (κ2) is 5.58. The van der Waals surface area contributed by atoms with Crippen LogP contribution in [0.3, 0.4) is 0 Å². The number of halogens is 2. The zero-order valence-electron chi connectivity index (χ0n) is 8.34. The van der Waals surface area contributed by atoms with E-state index >= 15 is 0 Å². The second-order valence-corrected chi connectivity index (χ2v) is 4.87. The Morgan fingerprint density at radius 1 is 1.60 bits per heavy atom. The number of aliphatic hydroxyl groups excluding tert-OH is 1. The van der Waals surface area contributed by atoms with Gasteiger partial charge in [-0.3, -0.25) is 0 Å². The van der Waals surface area contributed by atoms with E-state index in [9.17, 15) is 4.39 Å². The quantitative estimate of drug-likeness (QED) is 0.637. The zero-order valence-corrected chi connectivity index (χ0v) is 9.91. The molecule has 0 amide bonds. The van der Waals surface area contributed by atoms with E-state index in [1.165, 1.54) is 23.9 Å². The summed E-state index contributed by atoms with van der Waals surface area (Å²) in [5.74, 6) is 0.398. The van der Waals surface area contributed by atoms with Crippen LogP contribution in [0.4, 0.5) is 10.1 Å². The molecule has 0 aliphatic rings. The highest BCUT2D eigenvalue weighted by Crippen LogP contribution is 2.31. The third-order valence-electron chi connectivity index (χ3n) is 1.89. The number of nitrogen functional groups attached to an aromatic ring is 1. The lowest BCUT2D eigenvalue weighted by molar-refractivity contribution is 0.250. The maximum Gasteiger partial charge on any atom is 0.143 e. The Morgan fingerprint density at radius 2 is 2.27 bits per heavy atom. The number of aliphatic hydroxyl groups is 1. The molecule has 1 aromatic carbocycles. The Labute approximate surface area is 97.6 Å². The Bertz CT molecular complexity index is 348. The molecule has 84 valence electrons. The number of hydrogen-bond donors (Lipinski definition) is 2. The van der Waals surface area contributed by atoms with E-state index < -0.39 is 5.82 Å². The van der Waals surface area contributed by atoms with Crippen molar-refractivity contribution in [1.82, 2.24) is 0 Å². The lowest BCUT2D eigenvalue weighted by Crippen LogP contribution is -2.03. The van der Waals surface area contributed by atoms with Gasteiger partial charge in [0.1, 0.15) is 5.82 Å². The summed E-state index contributed by atoms with van der Waals surface area (Å²) >= 11 is 7.11. The number of anilines is 1. The largest absolute Gasteiger partial charge is 0.398 e. The van der Waals surface area contributed by atoms with Crippen molar-refractivity contribution in [3.8, 4) is 0 Å². The fourth-order valence-electron chi connectivity index (χ4n) is 0.954. The molecule has 1 atom stereocenters. The normalized spacial score (nSPS) is 12.8. The highest BCUT2D eigenvalue weighted by atomic mass is 35.5. The third kappa shape index (κ3) is 3.55. The topological polar surface area (TPSA) is 46.2 Å². The van der Waals surface area contributed by atoms with Crippen LogP contribution in [0.2, 0.25) is 5.02 Å². The summed E-state index contributed by atoms with van der Waals surface area (Å²) in [5.41, 5.74) is 6.02. The minimum Gasteiger partial charge on any atom is -0.398 e. The fraction of sp³-hybridized carbons (Fsp3) is 0.400. The smallest absolute Gasteiger partial charge is 0.143 e. The van der Waals surface area contributed by atoms with Gasteiger partial charge in [-0.2, -0.15) is 0 Å².